The molecule has 25 heavy (non-hydrogen) atoms. The number of carbonyl (C=O) groups excluding carboxylic acids is 2. The molecule has 0 spiro atoms. The van der Waals surface area contributed by atoms with E-state index < -0.39 is 11.2 Å². The molecule has 2 aromatic rings. The van der Waals surface area contributed by atoms with Crippen LogP contribution in [0.15, 0.2) is 48.5 Å². The number of amides is 1. The number of benzene rings is 2. The van der Waals surface area contributed by atoms with Crippen LogP contribution >= 0.6 is 0 Å². The summed E-state index contributed by atoms with van der Waals surface area (Å²) in [5.41, 5.74) is 1.51. The molecular weight excluding hydrogens is 341 g/mol. The second-order valence-electron chi connectivity index (χ2n) is 5.56. The molecule has 0 radical (unpaired) electrons. The Labute approximate surface area is 149 Å². The number of ketones is 1. The van der Waals surface area contributed by atoms with Crippen molar-refractivity contribution in [1.29, 1.82) is 0 Å². The molecule has 0 aromatic heterocycles. The minimum Gasteiger partial charge on any atom is -0.616 e. The van der Waals surface area contributed by atoms with Crippen LogP contribution in [0.1, 0.15) is 23.7 Å². The van der Waals surface area contributed by atoms with Crippen molar-refractivity contribution in [2.24, 2.45) is 0 Å². The van der Waals surface area contributed by atoms with Crippen LogP contribution in [0.3, 0.4) is 0 Å². The summed E-state index contributed by atoms with van der Waals surface area (Å²) in [7, 11) is 0. The summed E-state index contributed by atoms with van der Waals surface area (Å²) < 4.78 is 25.7. The lowest BCUT2D eigenvalue weighted by Crippen LogP contribution is -2.33. The molecule has 0 heterocycles. The highest BCUT2D eigenvalue weighted by Crippen LogP contribution is 2.22. The quantitative estimate of drug-likeness (QED) is 0.580. The molecule has 0 aliphatic carbocycles. The third kappa shape index (κ3) is 5.69. The third-order valence-corrected chi connectivity index (χ3v) is 4.72. The first-order chi connectivity index (χ1) is 12.0. The van der Waals surface area contributed by atoms with E-state index >= 15 is 0 Å². The van der Waals surface area contributed by atoms with Crippen LogP contribution in [-0.4, -0.2) is 34.3 Å². The van der Waals surface area contributed by atoms with Gasteiger partial charge in [-0.2, -0.15) is 0 Å². The summed E-state index contributed by atoms with van der Waals surface area (Å²) in [6.45, 7) is 2.45. The highest BCUT2D eigenvalue weighted by Gasteiger charge is 2.18. The maximum absolute atomic E-state index is 13.8. The van der Waals surface area contributed by atoms with Crippen molar-refractivity contribution in [2.45, 2.75) is 13.3 Å². The molecule has 0 saturated carbocycles. The molecule has 4 nitrogen and oxygen atoms in total. The van der Waals surface area contributed by atoms with Crippen molar-refractivity contribution >= 4 is 22.9 Å². The monoisotopic (exact) mass is 361 g/mol. The van der Waals surface area contributed by atoms with Crippen LogP contribution in [0.2, 0.25) is 0 Å². The lowest BCUT2D eigenvalue weighted by molar-refractivity contribution is -0.118. The Morgan fingerprint density at radius 1 is 1.08 bits per heavy atom. The molecule has 132 valence electrons. The normalized spacial score (nSPS) is 11.8. The molecule has 0 aliphatic heterocycles. The zero-order chi connectivity index (χ0) is 18.2. The number of Topliss-reactive ketones (excluding diaryl/α,β-unsaturated/α-hetero) is 1. The van der Waals surface area contributed by atoms with Gasteiger partial charge in [0, 0.05) is 17.7 Å². The first-order valence-corrected chi connectivity index (χ1v) is 9.50. The minimum atomic E-state index is -1.55. The summed E-state index contributed by atoms with van der Waals surface area (Å²) >= 11 is -1.55. The Balaban J connectivity index is 1.96. The van der Waals surface area contributed by atoms with E-state index in [1.54, 1.807) is 42.5 Å². The van der Waals surface area contributed by atoms with Gasteiger partial charge >= 0.3 is 0 Å². The van der Waals surface area contributed by atoms with Crippen molar-refractivity contribution < 1.29 is 18.5 Å². The van der Waals surface area contributed by atoms with E-state index in [4.69, 9.17) is 0 Å². The summed E-state index contributed by atoms with van der Waals surface area (Å²) in [6, 6.07) is 12.9. The van der Waals surface area contributed by atoms with Crippen molar-refractivity contribution in [3.8, 4) is 11.1 Å². The SMILES string of the molecule is CCCNC(=O)C[S+]([O-])CC(=O)c1ccc(-c2ccccc2F)cc1. The Bertz CT molecular complexity index is 734. The van der Waals surface area contributed by atoms with Crippen LogP contribution in [0, 0.1) is 5.82 Å². The third-order valence-electron chi connectivity index (χ3n) is 3.55. The smallest absolute Gasteiger partial charge is 0.269 e. The largest absolute Gasteiger partial charge is 0.616 e. The van der Waals surface area contributed by atoms with Gasteiger partial charge in [0.05, 0.1) is 0 Å². The molecule has 1 atom stereocenters. The average molecular weight is 361 g/mol. The second-order valence-corrected chi connectivity index (χ2v) is 7.02. The first kappa shape index (κ1) is 19.1. The lowest BCUT2D eigenvalue weighted by atomic mass is 10.0. The number of rotatable bonds is 8. The van der Waals surface area contributed by atoms with E-state index in [1.165, 1.54) is 6.07 Å². The first-order valence-electron chi connectivity index (χ1n) is 8.01. The highest BCUT2D eigenvalue weighted by atomic mass is 32.2. The number of halogens is 1. The van der Waals surface area contributed by atoms with Crippen molar-refractivity contribution in [1.82, 2.24) is 5.32 Å². The zero-order valence-corrected chi connectivity index (χ0v) is 14.8. The van der Waals surface area contributed by atoms with Crippen LogP contribution in [0.5, 0.6) is 0 Å². The molecule has 0 bridgehead atoms. The zero-order valence-electron chi connectivity index (χ0n) is 14.0. The van der Waals surface area contributed by atoms with Crippen molar-refractivity contribution in [2.75, 3.05) is 18.1 Å². The van der Waals surface area contributed by atoms with E-state index in [0.29, 0.717) is 23.2 Å². The van der Waals surface area contributed by atoms with E-state index in [1.807, 2.05) is 6.92 Å². The van der Waals surface area contributed by atoms with Gasteiger partial charge in [0.2, 0.25) is 5.78 Å². The fraction of sp³-hybridized carbons (Fsp3) is 0.263. The summed E-state index contributed by atoms with van der Waals surface area (Å²) in [5.74, 6) is -1.34. The molecule has 1 amide bonds. The van der Waals surface area contributed by atoms with Gasteiger partial charge in [-0.05, 0) is 29.2 Å². The number of carbonyl (C=O) groups is 2. The van der Waals surface area contributed by atoms with Crippen LogP contribution in [0.25, 0.3) is 11.1 Å². The standard InChI is InChI=1S/C19H20FNO3S/c1-2-11-21-19(23)13-25(24)12-18(22)15-9-7-14(8-10-15)16-5-3-4-6-17(16)20/h3-10H,2,11-13H2,1H3,(H,21,23). The van der Waals surface area contributed by atoms with Gasteiger partial charge < -0.3 is 9.87 Å². The van der Waals surface area contributed by atoms with Gasteiger partial charge in [0.15, 0.2) is 11.5 Å². The maximum Gasteiger partial charge on any atom is 0.269 e. The Kier molecular flexibility index (Phi) is 7.16. The maximum atomic E-state index is 13.8. The molecule has 1 unspecified atom stereocenters. The number of hydrogen-bond acceptors (Lipinski definition) is 3. The Hall–Kier alpha value is -2.18. The van der Waals surface area contributed by atoms with Crippen molar-refractivity contribution in [3.63, 3.8) is 0 Å². The molecule has 2 aromatic carbocycles. The molecule has 0 fully saturated rings. The van der Waals surface area contributed by atoms with Crippen LogP contribution in [-0.2, 0) is 16.0 Å². The van der Waals surface area contributed by atoms with E-state index in [-0.39, 0.29) is 29.0 Å². The van der Waals surface area contributed by atoms with Gasteiger partial charge in [-0.3, -0.25) is 9.59 Å². The predicted molar refractivity (Wildman–Crippen MR) is 97.3 cm³/mol. The fourth-order valence-corrected chi connectivity index (χ4v) is 3.23. The summed E-state index contributed by atoms with van der Waals surface area (Å²) in [6.07, 6.45) is 0.797. The average Bonchev–Trinajstić information content (AvgIpc) is 2.60. The molecule has 0 saturated heterocycles. The van der Waals surface area contributed by atoms with Crippen molar-refractivity contribution in [3.05, 3.63) is 59.9 Å². The minimum absolute atomic E-state index is 0.181. The number of hydrogen-bond donors (Lipinski definition) is 1. The topological polar surface area (TPSA) is 69.2 Å². The molecular formula is C19H20FNO3S. The Morgan fingerprint density at radius 3 is 2.40 bits per heavy atom. The summed E-state index contributed by atoms with van der Waals surface area (Å²) in [5, 5.41) is 2.63. The molecule has 6 heteroatoms. The molecule has 0 aliphatic rings. The highest BCUT2D eigenvalue weighted by molar-refractivity contribution is 7.92. The number of nitrogens with one attached hydrogen (secondary N) is 1. The van der Waals surface area contributed by atoms with Gasteiger partial charge in [-0.1, -0.05) is 49.4 Å². The fourth-order valence-electron chi connectivity index (χ4n) is 2.27. The molecule has 1 N–H and O–H groups in total. The van der Waals surface area contributed by atoms with E-state index in [0.717, 1.165) is 6.42 Å². The summed E-state index contributed by atoms with van der Waals surface area (Å²) in [4.78, 5) is 23.7. The lowest BCUT2D eigenvalue weighted by Gasteiger charge is -2.10. The van der Waals surface area contributed by atoms with Crippen LogP contribution in [0.4, 0.5) is 4.39 Å². The predicted octanol–water partition coefficient (Wildman–Crippen LogP) is 2.95. The second kappa shape index (κ2) is 9.34. The molecule has 2 rings (SSSR count). The van der Waals surface area contributed by atoms with E-state index in [9.17, 15) is 18.5 Å². The Morgan fingerprint density at radius 2 is 1.76 bits per heavy atom. The van der Waals surface area contributed by atoms with Gasteiger partial charge in [0.1, 0.15) is 5.82 Å². The van der Waals surface area contributed by atoms with E-state index in [2.05, 4.69) is 5.32 Å². The van der Waals surface area contributed by atoms with Gasteiger partial charge in [-0.15, -0.1) is 0 Å². The van der Waals surface area contributed by atoms with Gasteiger partial charge in [0.25, 0.3) is 5.91 Å². The van der Waals surface area contributed by atoms with Gasteiger partial charge in [-0.25, -0.2) is 4.39 Å². The van der Waals surface area contributed by atoms with Crippen LogP contribution < -0.4 is 5.32 Å².